The minimum atomic E-state index is 0.111. The summed E-state index contributed by atoms with van der Waals surface area (Å²) < 4.78 is 0. The summed E-state index contributed by atoms with van der Waals surface area (Å²) >= 11 is 0. The molecule has 0 aliphatic heterocycles. The van der Waals surface area contributed by atoms with Crippen molar-refractivity contribution in [3.63, 3.8) is 0 Å². The van der Waals surface area contributed by atoms with E-state index in [4.69, 9.17) is 0 Å². The van der Waals surface area contributed by atoms with Crippen LogP contribution in [0.25, 0.3) is 0 Å². The zero-order valence-corrected chi connectivity index (χ0v) is 11.4. The second kappa shape index (κ2) is 6.29. The van der Waals surface area contributed by atoms with E-state index in [1.54, 1.807) is 12.3 Å². The molecule has 0 bridgehead atoms. The Kier molecular flexibility index (Phi) is 4.47. The van der Waals surface area contributed by atoms with Crippen LogP contribution in [-0.2, 0) is 6.54 Å². The van der Waals surface area contributed by atoms with Gasteiger partial charge in [-0.25, -0.2) is 0 Å². The van der Waals surface area contributed by atoms with Crippen molar-refractivity contribution in [1.82, 2.24) is 14.9 Å². The first-order valence-electron chi connectivity index (χ1n) is 6.50. The Bertz CT molecular complexity index is 534. The molecule has 19 heavy (non-hydrogen) atoms. The lowest BCUT2D eigenvalue weighted by Gasteiger charge is -2.18. The Morgan fingerprint density at radius 2 is 2.16 bits per heavy atom. The molecule has 0 saturated heterocycles. The van der Waals surface area contributed by atoms with Crippen LogP contribution in [0.5, 0.6) is 0 Å². The number of H-pyrrole nitrogens is 1. The monoisotopic (exact) mass is 257 g/mol. The molecular weight excluding hydrogens is 238 g/mol. The highest BCUT2D eigenvalue weighted by Crippen LogP contribution is 2.05. The van der Waals surface area contributed by atoms with Gasteiger partial charge in [-0.1, -0.05) is 13.0 Å². The summed E-state index contributed by atoms with van der Waals surface area (Å²) in [5.41, 5.74) is 2.67. The summed E-state index contributed by atoms with van der Waals surface area (Å²) in [4.78, 5) is 21.5. The first-order chi connectivity index (χ1) is 9.19. The summed E-state index contributed by atoms with van der Waals surface area (Å²) in [5, 5.41) is 0. The molecule has 0 amide bonds. The van der Waals surface area contributed by atoms with E-state index in [2.05, 4.69) is 21.8 Å². The molecule has 0 radical (unpaired) electrons. The van der Waals surface area contributed by atoms with Gasteiger partial charge >= 0.3 is 0 Å². The Balaban J connectivity index is 1.99. The highest BCUT2D eigenvalue weighted by molar-refractivity contribution is 5.95. The number of aromatic nitrogens is 2. The first kappa shape index (κ1) is 13.5. The average Bonchev–Trinajstić information content (AvgIpc) is 2.92. The van der Waals surface area contributed by atoms with E-state index >= 15 is 0 Å². The summed E-state index contributed by atoms with van der Waals surface area (Å²) in [6.45, 7) is 5.96. The summed E-state index contributed by atoms with van der Waals surface area (Å²) in [7, 11) is 0. The van der Waals surface area contributed by atoms with Crippen molar-refractivity contribution in [1.29, 1.82) is 0 Å². The van der Waals surface area contributed by atoms with Crippen LogP contribution in [0.3, 0.4) is 0 Å². The predicted octanol–water partition coefficient (Wildman–Crippen LogP) is 2.42. The fraction of sp³-hybridized carbons (Fsp3) is 0.333. The molecule has 2 heterocycles. The van der Waals surface area contributed by atoms with Crippen LogP contribution >= 0.6 is 0 Å². The molecule has 2 aromatic heterocycles. The number of aryl methyl sites for hydroxylation is 1. The minimum absolute atomic E-state index is 0.111. The van der Waals surface area contributed by atoms with Gasteiger partial charge in [-0.2, -0.15) is 0 Å². The molecule has 0 fully saturated rings. The van der Waals surface area contributed by atoms with Gasteiger partial charge in [0.1, 0.15) is 0 Å². The van der Waals surface area contributed by atoms with E-state index in [1.807, 2.05) is 31.2 Å². The molecule has 0 atom stereocenters. The SMILES string of the molecule is CCN(CC(=O)c1ccc[nH]1)Cc1cccc(C)n1. The molecule has 0 aliphatic carbocycles. The predicted molar refractivity (Wildman–Crippen MR) is 75.0 cm³/mol. The number of likely N-dealkylation sites (N-methyl/N-ethyl adjacent to an activating group) is 1. The van der Waals surface area contributed by atoms with Crippen molar-refractivity contribution in [2.45, 2.75) is 20.4 Å². The second-order valence-corrected chi connectivity index (χ2v) is 4.58. The normalized spacial score (nSPS) is 10.9. The third-order valence-corrected chi connectivity index (χ3v) is 3.04. The molecule has 100 valence electrons. The fourth-order valence-corrected chi connectivity index (χ4v) is 1.99. The van der Waals surface area contributed by atoms with Crippen LogP contribution in [0.1, 0.15) is 28.8 Å². The number of hydrogen-bond acceptors (Lipinski definition) is 3. The van der Waals surface area contributed by atoms with Crippen molar-refractivity contribution in [3.8, 4) is 0 Å². The number of pyridine rings is 1. The van der Waals surface area contributed by atoms with Gasteiger partial charge in [0.25, 0.3) is 0 Å². The zero-order valence-electron chi connectivity index (χ0n) is 11.4. The third-order valence-electron chi connectivity index (χ3n) is 3.04. The number of nitrogens with zero attached hydrogens (tertiary/aromatic N) is 2. The standard InChI is InChI=1S/C15H19N3O/c1-3-18(10-13-7-4-6-12(2)17-13)11-15(19)14-8-5-9-16-14/h4-9,16H,3,10-11H2,1-2H3. The average molecular weight is 257 g/mol. The molecule has 2 aromatic rings. The molecule has 2 rings (SSSR count). The number of Topliss-reactive ketones (excluding diaryl/α,β-unsaturated/α-hetero) is 1. The Morgan fingerprint density at radius 1 is 1.32 bits per heavy atom. The Hall–Kier alpha value is -1.94. The van der Waals surface area contributed by atoms with Crippen LogP contribution in [-0.4, -0.2) is 33.7 Å². The molecule has 0 aliphatic rings. The van der Waals surface area contributed by atoms with E-state index in [0.717, 1.165) is 17.9 Å². The number of carbonyl (C=O) groups is 1. The topological polar surface area (TPSA) is 49.0 Å². The van der Waals surface area contributed by atoms with Gasteiger partial charge in [-0.05, 0) is 37.7 Å². The number of carbonyl (C=O) groups excluding carboxylic acids is 1. The Morgan fingerprint density at radius 3 is 2.79 bits per heavy atom. The van der Waals surface area contributed by atoms with Gasteiger partial charge in [-0.3, -0.25) is 14.7 Å². The highest BCUT2D eigenvalue weighted by atomic mass is 16.1. The van der Waals surface area contributed by atoms with Crippen molar-refractivity contribution >= 4 is 5.78 Å². The molecule has 4 heteroatoms. The van der Waals surface area contributed by atoms with Crippen LogP contribution in [0.15, 0.2) is 36.5 Å². The Labute approximate surface area is 113 Å². The molecule has 0 aromatic carbocycles. The van der Waals surface area contributed by atoms with Gasteiger partial charge < -0.3 is 4.98 Å². The van der Waals surface area contributed by atoms with E-state index in [9.17, 15) is 4.79 Å². The number of rotatable bonds is 6. The summed E-state index contributed by atoms with van der Waals surface area (Å²) in [5.74, 6) is 0.111. The molecular formula is C15H19N3O. The van der Waals surface area contributed by atoms with Gasteiger partial charge in [0.15, 0.2) is 5.78 Å². The lowest BCUT2D eigenvalue weighted by molar-refractivity contribution is 0.0924. The molecule has 4 nitrogen and oxygen atoms in total. The summed E-state index contributed by atoms with van der Waals surface area (Å²) in [6, 6.07) is 9.61. The van der Waals surface area contributed by atoms with Gasteiger partial charge in [0.2, 0.25) is 0 Å². The van der Waals surface area contributed by atoms with Crippen LogP contribution < -0.4 is 0 Å². The zero-order chi connectivity index (χ0) is 13.7. The molecule has 0 spiro atoms. The van der Waals surface area contributed by atoms with E-state index < -0.39 is 0 Å². The minimum Gasteiger partial charge on any atom is -0.359 e. The van der Waals surface area contributed by atoms with E-state index in [0.29, 0.717) is 18.8 Å². The smallest absolute Gasteiger partial charge is 0.192 e. The molecule has 0 unspecified atom stereocenters. The second-order valence-electron chi connectivity index (χ2n) is 4.58. The molecule has 0 saturated carbocycles. The largest absolute Gasteiger partial charge is 0.359 e. The maximum atomic E-state index is 12.0. The number of hydrogen-bond donors (Lipinski definition) is 1. The van der Waals surface area contributed by atoms with Crippen molar-refractivity contribution < 1.29 is 4.79 Å². The van der Waals surface area contributed by atoms with Crippen LogP contribution in [0, 0.1) is 6.92 Å². The number of ketones is 1. The fourth-order valence-electron chi connectivity index (χ4n) is 1.99. The lowest BCUT2D eigenvalue weighted by Crippen LogP contribution is -2.29. The van der Waals surface area contributed by atoms with Crippen LogP contribution in [0.2, 0.25) is 0 Å². The van der Waals surface area contributed by atoms with Gasteiger partial charge in [-0.15, -0.1) is 0 Å². The highest BCUT2D eigenvalue weighted by Gasteiger charge is 2.12. The number of nitrogens with one attached hydrogen (secondary N) is 1. The van der Waals surface area contributed by atoms with Crippen molar-refractivity contribution in [2.24, 2.45) is 0 Å². The van der Waals surface area contributed by atoms with Crippen molar-refractivity contribution in [2.75, 3.05) is 13.1 Å². The van der Waals surface area contributed by atoms with Crippen molar-refractivity contribution in [3.05, 3.63) is 53.6 Å². The molecule has 1 N–H and O–H groups in total. The maximum Gasteiger partial charge on any atom is 0.192 e. The van der Waals surface area contributed by atoms with Crippen LogP contribution in [0.4, 0.5) is 0 Å². The first-order valence-corrected chi connectivity index (χ1v) is 6.50. The van der Waals surface area contributed by atoms with Gasteiger partial charge in [0.05, 0.1) is 17.9 Å². The summed E-state index contributed by atoms with van der Waals surface area (Å²) in [6.07, 6.45) is 1.77. The maximum absolute atomic E-state index is 12.0. The lowest BCUT2D eigenvalue weighted by atomic mass is 10.2. The third kappa shape index (κ3) is 3.76. The van der Waals surface area contributed by atoms with E-state index in [1.165, 1.54) is 0 Å². The van der Waals surface area contributed by atoms with Gasteiger partial charge in [0, 0.05) is 18.4 Å². The quantitative estimate of drug-likeness (QED) is 0.808. The number of aromatic amines is 1. The van der Waals surface area contributed by atoms with E-state index in [-0.39, 0.29) is 5.78 Å².